The zero-order valence-electron chi connectivity index (χ0n) is 11.8. The van der Waals surface area contributed by atoms with E-state index in [2.05, 4.69) is 18.2 Å². The minimum Gasteiger partial charge on any atom is -0.493 e. The Bertz CT molecular complexity index is 490. The molecule has 0 spiro atoms. The van der Waals surface area contributed by atoms with Gasteiger partial charge in [0.05, 0.1) is 18.8 Å². The SMILES string of the molecule is NC(CC1CCOc2ccccc21)C1CC2CCC1O2. The molecule has 108 valence electrons. The smallest absolute Gasteiger partial charge is 0.122 e. The van der Waals surface area contributed by atoms with E-state index in [4.69, 9.17) is 15.2 Å². The first-order valence-electron chi connectivity index (χ1n) is 7.94. The molecule has 4 rings (SSSR count). The molecule has 1 aromatic carbocycles. The topological polar surface area (TPSA) is 44.5 Å². The fourth-order valence-electron chi connectivity index (χ4n) is 4.29. The summed E-state index contributed by atoms with van der Waals surface area (Å²) in [5, 5.41) is 0. The number of para-hydroxylation sites is 1. The lowest BCUT2D eigenvalue weighted by atomic mass is 9.78. The number of ether oxygens (including phenoxy) is 2. The maximum atomic E-state index is 6.53. The van der Waals surface area contributed by atoms with Crippen LogP contribution in [0.4, 0.5) is 0 Å². The van der Waals surface area contributed by atoms with Crippen molar-refractivity contribution in [3.8, 4) is 5.75 Å². The molecule has 5 unspecified atom stereocenters. The molecule has 3 heteroatoms. The summed E-state index contributed by atoms with van der Waals surface area (Å²) in [6.07, 6.45) is 6.73. The van der Waals surface area contributed by atoms with Crippen molar-refractivity contribution in [1.82, 2.24) is 0 Å². The van der Waals surface area contributed by atoms with Gasteiger partial charge in [0.15, 0.2) is 0 Å². The number of hydrogen-bond donors (Lipinski definition) is 1. The highest BCUT2D eigenvalue weighted by Gasteiger charge is 2.43. The highest BCUT2D eigenvalue weighted by molar-refractivity contribution is 5.37. The summed E-state index contributed by atoms with van der Waals surface area (Å²) in [4.78, 5) is 0. The van der Waals surface area contributed by atoms with Crippen molar-refractivity contribution < 1.29 is 9.47 Å². The fraction of sp³-hybridized carbons (Fsp3) is 0.647. The molecule has 0 saturated carbocycles. The Labute approximate surface area is 120 Å². The van der Waals surface area contributed by atoms with Gasteiger partial charge in [0, 0.05) is 12.0 Å². The number of fused-ring (bicyclic) bond motifs is 3. The van der Waals surface area contributed by atoms with E-state index in [9.17, 15) is 0 Å². The molecule has 2 fully saturated rings. The van der Waals surface area contributed by atoms with Gasteiger partial charge in [-0.3, -0.25) is 0 Å². The molecule has 5 atom stereocenters. The normalized spacial score (nSPS) is 36.5. The third-order valence-electron chi connectivity index (χ3n) is 5.34. The first-order valence-corrected chi connectivity index (χ1v) is 7.94. The van der Waals surface area contributed by atoms with Crippen LogP contribution < -0.4 is 10.5 Å². The molecule has 3 aliphatic rings. The largest absolute Gasteiger partial charge is 0.493 e. The van der Waals surface area contributed by atoms with Crippen LogP contribution in [0.1, 0.15) is 43.6 Å². The molecule has 0 aromatic heterocycles. The lowest BCUT2D eigenvalue weighted by molar-refractivity contribution is 0.0870. The minimum atomic E-state index is 0.265. The minimum absolute atomic E-state index is 0.265. The van der Waals surface area contributed by atoms with Gasteiger partial charge < -0.3 is 15.2 Å². The Morgan fingerprint density at radius 2 is 2.10 bits per heavy atom. The Kier molecular flexibility index (Phi) is 3.20. The summed E-state index contributed by atoms with van der Waals surface area (Å²) in [5.74, 6) is 2.18. The monoisotopic (exact) mass is 273 g/mol. The van der Waals surface area contributed by atoms with Gasteiger partial charge >= 0.3 is 0 Å². The van der Waals surface area contributed by atoms with Crippen molar-refractivity contribution in [2.75, 3.05) is 6.61 Å². The summed E-state index contributed by atoms with van der Waals surface area (Å²) in [7, 11) is 0. The third kappa shape index (κ3) is 2.13. The molecule has 3 heterocycles. The predicted molar refractivity (Wildman–Crippen MR) is 77.9 cm³/mol. The van der Waals surface area contributed by atoms with Crippen molar-refractivity contribution >= 4 is 0 Å². The van der Waals surface area contributed by atoms with Crippen LogP contribution in [0.5, 0.6) is 5.75 Å². The van der Waals surface area contributed by atoms with Crippen molar-refractivity contribution in [2.45, 2.75) is 56.3 Å². The van der Waals surface area contributed by atoms with Crippen LogP contribution in [0.25, 0.3) is 0 Å². The first kappa shape index (κ1) is 12.7. The van der Waals surface area contributed by atoms with Crippen molar-refractivity contribution in [2.24, 2.45) is 11.7 Å². The van der Waals surface area contributed by atoms with Gasteiger partial charge in [0.1, 0.15) is 5.75 Å². The van der Waals surface area contributed by atoms with Gasteiger partial charge in [0.25, 0.3) is 0 Å². The molecule has 2 N–H and O–H groups in total. The van der Waals surface area contributed by atoms with Crippen LogP contribution in [0.2, 0.25) is 0 Å². The van der Waals surface area contributed by atoms with E-state index in [1.807, 2.05) is 6.07 Å². The Hall–Kier alpha value is -1.06. The van der Waals surface area contributed by atoms with Gasteiger partial charge in [-0.05, 0) is 49.7 Å². The quantitative estimate of drug-likeness (QED) is 0.921. The highest BCUT2D eigenvalue weighted by Crippen LogP contribution is 2.43. The molecule has 0 amide bonds. The standard InChI is InChI=1S/C17H23NO2/c18-15(14-10-12-5-6-17(14)20-12)9-11-7-8-19-16-4-2-1-3-13(11)16/h1-4,11-12,14-15,17H,5-10,18H2. The van der Waals surface area contributed by atoms with E-state index in [1.165, 1.54) is 24.8 Å². The summed E-state index contributed by atoms with van der Waals surface area (Å²) >= 11 is 0. The van der Waals surface area contributed by atoms with E-state index < -0.39 is 0 Å². The van der Waals surface area contributed by atoms with Crippen LogP contribution in [-0.4, -0.2) is 24.9 Å². The number of nitrogens with two attached hydrogens (primary N) is 1. The van der Waals surface area contributed by atoms with E-state index in [1.54, 1.807) is 0 Å². The number of rotatable bonds is 3. The first-order chi connectivity index (χ1) is 9.81. The average Bonchev–Trinajstić information content (AvgIpc) is 3.10. The van der Waals surface area contributed by atoms with Gasteiger partial charge in [0.2, 0.25) is 0 Å². The lowest BCUT2D eigenvalue weighted by Gasteiger charge is -2.31. The summed E-state index contributed by atoms with van der Waals surface area (Å²) < 4.78 is 11.7. The van der Waals surface area contributed by atoms with Gasteiger partial charge in [-0.2, -0.15) is 0 Å². The van der Waals surface area contributed by atoms with Gasteiger partial charge in [-0.1, -0.05) is 18.2 Å². The Morgan fingerprint density at radius 3 is 2.90 bits per heavy atom. The molecule has 20 heavy (non-hydrogen) atoms. The van der Waals surface area contributed by atoms with E-state index in [-0.39, 0.29) is 6.04 Å². The van der Waals surface area contributed by atoms with Crippen molar-refractivity contribution in [3.05, 3.63) is 29.8 Å². The second kappa shape index (κ2) is 5.05. The second-order valence-corrected chi connectivity index (χ2v) is 6.54. The molecule has 3 aliphatic heterocycles. The Morgan fingerprint density at radius 1 is 1.20 bits per heavy atom. The van der Waals surface area contributed by atoms with Crippen LogP contribution >= 0.6 is 0 Å². The van der Waals surface area contributed by atoms with Crippen LogP contribution in [0, 0.1) is 5.92 Å². The summed E-state index contributed by atoms with van der Waals surface area (Å²) in [6.45, 7) is 0.821. The van der Waals surface area contributed by atoms with Crippen LogP contribution in [0.3, 0.4) is 0 Å². The second-order valence-electron chi connectivity index (χ2n) is 6.54. The number of hydrogen-bond acceptors (Lipinski definition) is 3. The number of benzene rings is 1. The summed E-state index contributed by atoms with van der Waals surface area (Å²) in [5.41, 5.74) is 7.88. The predicted octanol–water partition coefficient (Wildman–Crippen LogP) is 2.84. The van der Waals surface area contributed by atoms with Crippen molar-refractivity contribution in [3.63, 3.8) is 0 Å². The third-order valence-corrected chi connectivity index (χ3v) is 5.34. The average molecular weight is 273 g/mol. The van der Waals surface area contributed by atoms with E-state index >= 15 is 0 Å². The molecule has 2 bridgehead atoms. The maximum absolute atomic E-state index is 6.53. The van der Waals surface area contributed by atoms with Gasteiger partial charge in [-0.15, -0.1) is 0 Å². The fourth-order valence-corrected chi connectivity index (χ4v) is 4.29. The van der Waals surface area contributed by atoms with Crippen LogP contribution in [0.15, 0.2) is 24.3 Å². The van der Waals surface area contributed by atoms with E-state index in [0.29, 0.717) is 24.0 Å². The zero-order chi connectivity index (χ0) is 13.5. The van der Waals surface area contributed by atoms with Gasteiger partial charge in [-0.25, -0.2) is 0 Å². The highest BCUT2D eigenvalue weighted by atomic mass is 16.5. The molecule has 0 radical (unpaired) electrons. The lowest BCUT2D eigenvalue weighted by Crippen LogP contribution is -2.38. The van der Waals surface area contributed by atoms with Crippen molar-refractivity contribution in [1.29, 1.82) is 0 Å². The summed E-state index contributed by atoms with van der Waals surface area (Å²) in [6, 6.07) is 8.69. The maximum Gasteiger partial charge on any atom is 0.122 e. The molecule has 1 aromatic rings. The zero-order valence-corrected chi connectivity index (χ0v) is 11.8. The van der Waals surface area contributed by atoms with E-state index in [0.717, 1.165) is 25.2 Å². The molecule has 2 saturated heterocycles. The Balaban J connectivity index is 1.47. The molecule has 3 nitrogen and oxygen atoms in total. The molecule has 0 aliphatic carbocycles. The molecular formula is C17H23NO2. The molecular weight excluding hydrogens is 250 g/mol. The van der Waals surface area contributed by atoms with Crippen LogP contribution in [-0.2, 0) is 4.74 Å².